The number of nitrogens with zero attached hydrogens (tertiary/aromatic N) is 1. The van der Waals surface area contributed by atoms with Gasteiger partial charge in [0, 0.05) is 33.2 Å². The molecule has 0 unspecified atom stereocenters. The van der Waals surface area contributed by atoms with Crippen molar-refractivity contribution in [3.63, 3.8) is 0 Å². The van der Waals surface area contributed by atoms with Crippen LogP contribution in [0.4, 0.5) is 17.1 Å². The predicted octanol–water partition coefficient (Wildman–Crippen LogP) is 13.4. The van der Waals surface area contributed by atoms with E-state index >= 15 is 0 Å². The minimum absolute atomic E-state index is 0.0533. The van der Waals surface area contributed by atoms with E-state index in [2.05, 4.69) is 189 Å². The number of rotatable bonds is 3. The van der Waals surface area contributed by atoms with Gasteiger partial charge in [-0.1, -0.05) is 153 Å². The molecule has 0 aliphatic heterocycles. The fourth-order valence-electron chi connectivity index (χ4n) is 9.53. The highest BCUT2D eigenvalue weighted by atomic mass is 15.1. The maximum Gasteiger partial charge on any atom is 0.0543 e. The van der Waals surface area contributed by atoms with Gasteiger partial charge in [0.1, 0.15) is 0 Å². The molecule has 0 fully saturated rings. The van der Waals surface area contributed by atoms with E-state index in [9.17, 15) is 0 Å². The number of hydrogen-bond donors (Lipinski definition) is 0. The number of hydrogen-bond acceptors (Lipinski definition) is 1. The van der Waals surface area contributed by atoms with Crippen molar-refractivity contribution in [3.05, 3.63) is 160 Å². The summed E-state index contributed by atoms with van der Waals surface area (Å²) in [4.78, 5) is 2.56. The van der Waals surface area contributed by atoms with Gasteiger partial charge < -0.3 is 4.90 Å². The first-order valence-electron chi connectivity index (χ1n) is 18.3. The second kappa shape index (κ2) is 10.1. The predicted molar refractivity (Wildman–Crippen MR) is 213 cm³/mol. The monoisotopic (exact) mass is 649 g/mol. The third-order valence-electron chi connectivity index (χ3n) is 12.4. The zero-order valence-electron chi connectivity index (χ0n) is 31.0. The minimum atomic E-state index is -0.105. The summed E-state index contributed by atoms with van der Waals surface area (Å²) in [7, 11) is 0. The lowest BCUT2D eigenvalue weighted by molar-refractivity contribution is 0.589. The Labute approximate surface area is 298 Å². The van der Waals surface area contributed by atoms with Crippen molar-refractivity contribution in [1.82, 2.24) is 0 Å². The molecule has 1 heteroatoms. The van der Waals surface area contributed by atoms with Crippen LogP contribution in [0, 0.1) is 0 Å². The molecule has 0 bridgehead atoms. The molecule has 6 aromatic rings. The molecule has 1 nitrogen and oxygen atoms in total. The molecule has 0 aromatic heterocycles. The molecule has 3 aliphatic rings. The second-order valence-corrected chi connectivity index (χ2v) is 17.5. The van der Waals surface area contributed by atoms with E-state index in [0.717, 1.165) is 0 Å². The van der Waals surface area contributed by atoms with Crippen LogP contribution in [0.15, 0.2) is 121 Å². The summed E-state index contributed by atoms with van der Waals surface area (Å²) < 4.78 is 0. The number of anilines is 3. The summed E-state index contributed by atoms with van der Waals surface area (Å²) in [5.74, 6) is 0. The summed E-state index contributed by atoms with van der Waals surface area (Å²) >= 11 is 0. The van der Waals surface area contributed by atoms with Gasteiger partial charge in [0.05, 0.1) is 5.69 Å². The van der Waals surface area contributed by atoms with E-state index in [0.29, 0.717) is 0 Å². The van der Waals surface area contributed by atoms with E-state index in [1.54, 1.807) is 0 Å². The van der Waals surface area contributed by atoms with E-state index in [1.807, 2.05) is 0 Å². The highest BCUT2D eigenvalue weighted by Crippen LogP contribution is 2.57. The molecule has 9 rings (SSSR count). The van der Waals surface area contributed by atoms with Crippen LogP contribution in [0.5, 0.6) is 0 Å². The fourth-order valence-corrected chi connectivity index (χ4v) is 9.53. The van der Waals surface area contributed by atoms with Gasteiger partial charge in [-0.3, -0.25) is 0 Å². The van der Waals surface area contributed by atoms with Crippen LogP contribution in [0.2, 0.25) is 0 Å². The van der Waals surface area contributed by atoms with Gasteiger partial charge in [0.2, 0.25) is 0 Å². The molecular formula is C49H47N. The van der Waals surface area contributed by atoms with Crippen LogP contribution in [0.25, 0.3) is 33.4 Å². The molecule has 248 valence electrons. The lowest BCUT2D eigenvalue weighted by atomic mass is 9.80. The normalized spacial score (nSPS) is 16.6. The average Bonchev–Trinajstić information content (AvgIpc) is 3.58. The van der Waals surface area contributed by atoms with Crippen LogP contribution in [0.1, 0.15) is 101 Å². The molecule has 6 aromatic carbocycles. The molecule has 0 heterocycles. The van der Waals surface area contributed by atoms with Gasteiger partial charge in [-0.2, -0.15) is 0 Å². The Bertz CT molecular complexity index is 2290. The molecule has 0 saturated heterocycles. The molecule has 50 heavy (non-hydrogen) atoms. The standard InChI is InChI=1S/C49H47N/c1-46(2,3)30-21-26-40-37(27-30)45-41(47(40,4)5)19-14-20-44(45)50(31-22-24-35-33-15-10-12-17-38(33)48(6,7)42(35)28-31)32-23-25-36-34-16-11-13-18-39(34)49(8,9)43(36)29-32/h10-29H,1-9H3. The Kier molecular flexibility index (Phi) is 6.29. The topological polar surface area (TPSA) is 3.24 Å². The molecular weight excluding hydrogens is 603 g/mol. The Hall–Kier alpha value is -4.88. The number of benzene rings is 6. The highest BCUT2D eigenvalue weighted by Gasteiger charge is 2.41. The Morgan fingerprint density at radius 1 is 0.400 bits per heavy atom. The van der Waals surface area contributed by atoms with E-state index in [4.69, 9.17) is 0 Å². The fraction of sp³-hybridized carbons (Fsp3) is 0.265. The summed E-state index contributed by atoms with van der Waals surface area (Å²) in [5, 5.41) is 0. The molecule has 0 radical (unpaired) electrons. The van der Waals surface area contributed by atoms with Crippen molar-refractivity contribution in [2.24, 2.45) is 0 Å². The maximum absolute atomic E-state index is 2.56. The van der Waals surface area contributed by atoms with Gasteiger partial charge in [0.15, 0.2) is 0 Å². The maximum atomic E-state index is 2.56. The SMILES string of the molecule is CC(C)(C)c1ccc2c(c1)-c1c(N(c3ccc4c(c3)C(C)(C)c3ccccc3-4)c3ccc4c(c3)C(C)(C)c3ccccc3-4)cccc1C2(C)C. The van der Waals surface area contributed by atoms with Gasteiger partial charge in [0.25, 0.3) is 0 Å². The van der Waals surface area contributed by atoms with Crippen molar-refractivity contribution in [2.75, 3.05) is 4.90 Å². The Morgan fingerprint density at radius 2 is 0.860 bits per heavy atom. The van der Waals surface area contributed by atoms with Crippen molar-refractivity contribution < 1.29 is 0 Å². The third-order valence-corrected chi connectivity index (χ3v) is 12.4. The summed E-state index contributed by atoms with van der Waals surface area (Å²) in [6, 6.07) is 46.5. The van der Waals surface area contributed by atoms with Crippen molar-refractivity contribution in [2.45, 2.75) is 84.0 Å². The Morgan fingerprint density at radius 3 is 1.40 bits per heavy atom. The van der Waals surface area contributed by atoms with Crippen molar-refractivity contribution >= 4 is 17.1 Å². The Balaban J connectivity index is 1.32. The van der Waals surface area contributed by atoms with Crippen LogP contribution >= 0.6 is 0 Å². The van der Waals surface area contributed by atoms with Crippen LogP contribution in [-0.2, 0) is 21.7 Å². The van der Waals surface area contributed by atoms with Crippen LogP contribution < -0.4 is 4.90 Å². The quantitative estimate of drug-likeness (QED) is 0.184. The smallest absolute Gasteiger partial charge is 0.0543 e. The van der Waals surface area contributed by atoms with Crippen molar-refractivity contribution in [3.8, 4) is 33.4 Å². The number of fused-ring (bicyclic) bond motifs is 9. The zero-order valence-corrected chi connectivity index (χ0v) is 31.0. The molecule has 0 saturated carbocycles. The second-order valence-electron chi connectivity index (χ2n) is 17.5. The molecule has 0 N–H and O–H groups in total. The van der Waals surface area contributed by atoms with Gasteiger partial charge in [-0.05, 0) is 103 Å². The first-order chi connectivity index (χ1) is 23.7. The van der Waals surface area contributed by atoms with E-state index < -0.39 is 0 Å². The lowest BCUT2D eigenvalue weighted by Crippen LogP contribution is -2.18. The van der Waals surface area contributed by atoms with Crippen LogP contribution in [0.3, 0.4) is 0 Å². The summed E-state index contributed by atoms with van der Waals surface area (Å²) in [6.07, 6.45) is 0. The molecule has 0 spiro atoms. The lowest BCUT2D eigenvalue weighted by Gasteiger charge is -2.31. The third kappa shape index (κ3) is 4.13. The van der Waals surface area contributed by atoms with E-state index in [-0.39, 0.29) is 21.7 Å². The highest BCUT2D eigenvalue weighted by molar-refractivity contribution is 5.97. The largest absolute Gasteiger partial charge is 0.310 e. The first kappa shape index (κ1) is 31.1. The van der Waals surface area contributed by atoms with Gasteiger partial charge >= 0.3 is 0 Å². The zero-order chi connectivity index (χ0) is 35.0. The van der Waals surface area contributed by atoms with Crippen LogP contribution in [-0.4, -0.2) is 0 Å². The average molecular weight is 650 g/mol. The minimum Gasteiger partial charge on any atom is -0.310 e. The summed E-state index contributed by atoms with van der Waals surface area (Å²) in [5.41, 5.74) is 21.3. The van der Waals surface area contributed by atoms with Gasteiger partial charge in [-0.25, -0.2) is 0 Å². The molecule has 3 aliphatic carbocycles. The van der Waals surface area contributed by atoms with E-state index in [1.165, 1.54) is 89.4 Å². The molecule has 0 atom stereocenters. The summed E-state index contributed by atoms with van der Waals surface area (Å²) in [6.45, 7) is 21.3. The first-order valence-corrected chi connectivity index (χ1v) is 18.3. The van der Waals surface area contributed by atoms with Gasteiger partial charge in [-0.15, -0.1) is 0 Å². The van der Waals surface area contributed by atoms with Crippen molar-refractivity contribution in [1.29, 1.82) is 0 Å². The molecule has 0 amide bonds.